The van der Waals surface area contributed by atoms with Crippen molar-refractivity contribution in [3.8, 4) is 0 Å². The molecular weight excluding hydrogens is 383 g/mol. The van der Waals surface area contributed by atoms with Crippen molar-refractivity contribution in [3.63, 3.8) is 0 Å². The van der Waals surface area contributed by atoms with Crippen molar-refractivity contribution in [2.24, 2.45) is 0 Å². The molecule has 0 aliphatic rings. The van der Waals surface area contributed by atoms with Crippen molar-refractivity contribution in [2.45, 2.75) is 4.90 Å². The van der Waals surface area contributed by atoms with Crippen LogP contribution in [0.3, 0.4) is 0 Å². The van der Waals surface area contributed by atoms with E-state index in [2.05, 4.69) is 20.0 Å². The van der Waals surface area contributed by atoms with Crippen molar-refractivity contribution in [3.05, 3.63) is 84.4 Å². The highest BCUT2D eigenvalue weighted by Crippen LogP contribution is 2.16. The molecule has 2 N–H and O–H groups in total. The predicted octanol–water partition coefficient (Wildman–Crippen LogP) is 3.07. The summed E-state index contributed by atoms with van der Waals surface area (Å²) in [6.07, 6.45) is 5.38. The number of hydrogen-bond donors (Lipinski definition) is 2. The van der Waals surface area contributed by atoms with E-state index in [4.69, 9.17) is 0 Å². The van der Waals surface area contributed by atoms with Gasteiger partial charge in [0, 0.05) is 29.7 Å². The van der Waals surface area contributed by atoms with Crippen LogP contribution in [0.2, 0.25) is 0 Å². The maximum atomic E-state index is 13.5. The Bertz CT molecular complexity index is 1100. The largest absolute Gasteiger partial charge is 0.323 e. The van der Waals surface area contributed by atoms with E-state index in [-0.39, 0.29) is 16.4 Å². The van der Waals surface area contributed by atoms with Gasteiger partial charge in [0.1, 0.15) is 5.82 Å². The molecular formula is C19H15FN4O3S. The summed E-state index contributed by atoms with van der Waals surface area (Å²) < 4.78 is 40.4. The highest BCUT2D eigenvalue weighted by molar-refractivity contribution is 7.92. The first-order chi connectivity index (χ1) is 13.4. The Morgan fingerprint density at radius 1 is 0.964 bits per heavy atom. The number of hydrogen-bond acceptors (Lipinski definition) is 5. The molecule has 1 heterocycles. The molecule has 0 atom stereocenters. The van der Waals surface area contributed by atoms with E-state index in [9.17, 15) is 17.6 Å². The van der Waals surface area contributed by atoms with E-state index in [1.54, 1.807) is 24.3 Å². The number of nitrogens with zero attached hydrogens (tertiary/aromatic N) is 2. The number of aromatic nitrogens is 2. The van der Waals surface area contributed by atoms with Gasteiger partial charge in [-0.25, -0.2) is 27.5 Å². The predicted molar refractivity (Wildman–Crippen MR) is 103 cm³/mol. The van der Waals surface area contributed by atoms with Crippen LogP contribution in [0, 0.1) is 5.82 Å². The second kappa shape index (κ2) is 8.40. The second-order valence-electron chi connectivity index (χ2n) is 5.55. The van der Waals surface area contributed by atoms with E-state index in [0.717, 1.165) is 0 Å². The molecule has 0 radical (unpaired) electrons. The normalized spacial score (nSPS) is 11.3. The van der Waals surface area contributed by atoms with Gasteiger partial charge in [0.15, 0.2) is 0 Å². The molecule has 142 valence electrons. The third-order valence-electron chi connectivity index (χ3n) is 3.54. The highest BCUT2D eigenvalue weighted by atomic mass is 32.2. The number of anilines is 2. The summed E-state index contributed by atoms with van der Waals surface area (Å²) in [6.45, 7) is 0. The molecule has 2 aromatic carbocycles. The van der Waals surface area contributed by atoms with Gasteiger partial charge in [0.2, 0.25) is 11.9 Å². The maximum Gasteiger partial charge on any atom is 0.264 e. The van der Waals surface area contributed by atoms with Crippen LogP contribution in [0.15, 0.2) is 78.0 Å². The molecule has 1 amide bonds. The molecule has 28 heavy (non-hydrogen) atoms. The van der Waals surface area contributed by atoms with Crippen LogP contribution in [0.25, 0.3) is 6.08 Å². The summed E-state index contributed by atoms with van der Waals surface area (Å²) in [5, 5.41) is 2.57. The molecule has 0 aliphatic heterocycles. The van der Waals surface area contributed by atoms with Crippen LogP contribution in [0.1, 0.15) is 5.56 Å². The quantitative estimate of drug-likeness (QED) is 0.622. The molecule has 3 aromatic rings. The van der Waals surface area contributed by atoms with Crippen molar-refractivity contribution < 1.29 is 17.6 Å². The lowest BCUT2D eigenvalue weighted by Crippen LogP contribution is -2.15. The topological polar surface area (TPSA) is 101 Å². The van der Waals surface area contributed by atoms with Gasteiger partial charge in [0.25, 0.3) is 10.0 Å². The van der Waals surface area contributed by atoms with Gasteiger partial charge in [-0.05, 0) is 42.5 Å². The van der Waals surface area contributed by atoms with Crippen LogP contribution >= 0.6 is 0 Å². The summed E-state index contributed by atoms with van der Waals surface area (Å²) in [5.74, 6) is -0.955. The van der Waals surface area contributed by atoms with E-state index < -0.39 is 21.7 Å². The van der Waals surface area contributed by atoms with Gasteiger partial charge in [-0.15, -0.1) is 0 Å². The number of sulfonamides is 1. The van der Waals surface area contributed by atoms with Gasteiger partial charge in [-0.1, -0.05) is 18.2 Å². The molecule has 0 bridgehead atoms. The maximum absolute atomic E-state index is 13.5. The van der Waals surface area contributed by atoms with E-state index in [1.807, 2.05) is 0 Å². The lowest BCUT2D eigenvalue weighted by atomic mass is 10.2. The first-order valence-corrected chi connectivity index (χ1v) is 9.56. The first kappa shape index (κ1) is 19.2. The average Bonchev–Trinajstić information content (AvgIpc) is 2.68. The molecule has 0 spiro atoms. The zero-order chi connectivity index (χ0) is 20.0. The molecule has 7 nitrogen and oxygen atoms in total. The standard InChI is InChI=1S/C19H15FN4O3S/c20-17-5-2-1-4-14(17)6-11-18(25)23-15-7-9-16(10-8-15)28(26,27)24-19-21-12-3-13-22-19/h1-13H,(H,23,25)(H,21,22,24)/b11-6+. The van der Waals surface area contributed by atoms with Crippen LogP contribution in [0.5, 0.6) is 0 Å². The van der Waals surface area contributed by atoms with E-state index in [1.165, 1.54) is 54.9 Å². The van der Waals surface area contributed by atoms with Crippen LogP contribution < -0.4 is 10.0 Å². The third kappa shape index (κ3) is 4.98. The summed E-state index contributed by atoms with van der Waals surface area (Å²) in [4.78, 5) is 19.5. The number of amides is 1. The lowest BCUT2D eigenvalue weighted by Gasteiger charge is -2.07. The van der Waals surface area contributed by atoms with Crippen molar-refractivity contribution in [1.29, 1.82) is 0 Å². The number of nitrogens with one attached hydrogen (secondary N) is 2. The molecule has 0 fully saturated rings. The van der Waals surface area contributed by atoms with Gasteiger partial charge in [-0.2, -0.15) is 0 Å². The van der Waals surface area contributed by atoms with E-state index in [0.29, 0.717) is 5.69 Å². The minimum Gasteiger partial charge on any atom is -0.323 e. The summed E-state index contributed by atoms with van der Waals surface area (Å²) in [7, 11) is -3.85. The van der Waals surface area contributed by atoms with Gasteiger partial charge in [-0.3, -0.25) is 4.79 Å². The summed E-state index contributed by atoms with van der Waals surface area (Å²) >= 11 is 0. The number of carbonyl (C=O) groups is 1. The minimum atomic E-state index is -3.85. The number of benzene rings is 2. The molecule has 0 aliphatic carbocycles. The van der Waals surface area contributed by atoms with Crippen LogP contribution in [0.4, 0.5) is 16.0 Å². The number of rotatable bonds is 6. The Morgan fingerprint density at radius 2 is 1.64 bits per heavy atom. The smallest absolute Gasteiger partial charge is 0.264 e. The fourth-order valence-corrected chi connectivity index (χ4v) is 3.17. The monoisotopic (exact) mass is 398 g/mol. The van der Waals surface area contributed by atoms with Crippen molar-refractivity contribution >= 4 is 33.6 Å². The zero-order valence-corrected chi connectivity index (χ0v) is 15.2. The van der Waals surface area contributed by atoms with E-state index >= 15 is 0 Å². The Hall–Kier alpha value is -3.59. The molecule has 0 unspecified atom stereocenters. The molecule has 9 heteroatoms. The van der Waals surface area contributed by atoms with Gasteiger partial charge >= 0.3 is 0 Å². The Morgan fingerprint density at radius 3 is 2.32 bits per heavy atom. The molecule has 1 aromatic heterocycles. The fraction of sp³-hybridized carbons (Fsp3) is 0. The summed E-state index contributed by atoms with van der Waals surface area (Å²) in [6, 6.07) is 13.2. The molecule has 3 rings (SSSR count). The zero-order valence-electron chi connectivity index (χ0n) is 14.4. The second-order valence-corrected chi connectivity index (χ2v) is 7.23. The third-order valence-corrected chi connectivity index (χ3v) is 4.89. The summed E-state index contributed by atoms with van der Waals surface area (Å²) in [5.41, 5.74) is 0.673. The average molecular weight is 398 g/mol. The SMILES string of the molecule is O=C(/C=C/c1ccccc1F)Nc1ccc(S(=O)(=O)Nc2ncccn2)cc1. The van der Waals surface area contributed by atoms with Gasteiger partial charge < -0.3 is 5.32 Å². The molecule has 0 saturated carbocycles. The Labute approximate surface area is 161 Å². The van der Waals surface area contributed by atoms with Gasteiger partial charge in [0.05, 0.1) is 4.90 Å². The van der Waals surface area contributed by atoms with Crippen molar-refractivity contribution in [1.82, 2.24) is 9.97 Å². The fourth-order valence-electron chi connectivity index (χ4n) is 2.21. The number of halogens is 1. The number of carbonyl (C=O) groups excluding carboxylic acids is 1. The Balaban J connectivity index is 1.65. The molecule has 0 saturated heterocycles. The first-order valence-electron chi connectivity index (χ1n) is 8.07. The highest BCUT2D eigenvalue weighted by Gasteiger charge is 2.15. The van der Waals surface area contributed by atoms with Crippen LogP contribution in [-0.2, 0) is 14.8 Å². The Kier molecular flexibility index (Phi) is 5.75. The lowest BCUT2D eigenvalue weighted by molar-refractivity contribution is -0.111. The minimum absolute atomic E-state index is 0.0140. The van der Waals surface area contributed by atoms with Crippen molar-refractivity contribution in [2.75, 3.05) is 10.0 Å². The van der Waals surface area contributed by atoms with Crippen LogP contribution in [-0.4, -0.2) is 24.3 Å².